The van der Waals surface area contributed by atoms with Gasteiger partial charge in [-0.25, -0.2) is 4.39 Å². The maximum absolute atomic E-state index is 12.7. The summed E-state index contributed by atoms with van der Waals surface area (Å²) in [6, 6.07) is 5.74. The van der Waals surface area contributed by atoms with Crippen molar-refractivity contribution in [2.75, 3.05) is 6.61 Å². The van der Waals surface area contributed by atoms with Crippen LogP contribution in [0.3, 0.4) is 0 Å². The van der Waals surface area contributed by atoms with Gasteiger partial charge in [-0.3, -0.25) is 10.1 Å². The van der Waals surface area contributed by atoms with Gasteiger partial charge in [-0.2, -0.15) is 0 Å². The van der Waals surface area contributed by atoms with Crippen LogP contribution in [0.2, 0.25) is 0 Å². The van der Waals surface area contributed by atoms with E-state index in [-0.39, 0.29) is 12.4 Å². The molecule has 4 nitrogen and oxygen atoms in total. The first kappa shape index (κ1) is 11.2. The summed E-state index contributed by atoms with van der Waals surface area (Å²) >= 11 is 0. The molecule has 0 unspecified atom stereocenters. The highest BCUT2D eigenvalue weighted by atomic mass is 19.1. The number of benzene rings is 1. The lowest BCUT2D eigenvalue weighted by Gasteiger charge is -2.02. The Labute approximate surface area is 86.1 Å². The van der Waals surface area contributed by atoms with Crippen LogP contribution in [0, 0.1) is 15.9 Å². The van der Waals surface area contributed by atoms with E-state index in [0.29, 0.717) is 12.2 Å². The van der Waals surface area contributed by atoms with E-state index >= 15 is 0 Å². The Morgan fingerprint density at radius 1 is 1.53 bits per heavy atom. The van der Waals surface area contributed by atoms with E-state index in [1.54, 1.807) is 6.07 Å². The Bertz CT molecular complexity index is 365. The number of rotatable bonds is 5. The van der Waals surface area contributed by atoms with Gasteiger partial charge in [0.1, 0.15) is 11.6 Å². The maximum atomic E-state index is 12.7. The molecule has 0 aliphatic rings. The zero-order valence-electron chi connectivity index (χ0n) is 7.93. The Morgan fingerprint density at radius 2 is 2.33 bits per heavy atom. The second kappa shape index (κ2) is 5.74. The first-order valence-corrected chi connectivity index (χ1v) is 4.37. The van der Waals surface area contributed by atoms with Crippen molar-refractivity contribution in [3.8, 4) is 5.75 Å². The van der Waals surface area contributed by atoms with Gasteiger partial charge in [0.05, 0.1) is 11.5 Å². The molecular formula is C10H10FNO3. The van der Waals surface area contributed by atoms with Gasteiger partial charge in [-0.1, -0.05) is 6.07 Å². The molecule has 0 atom stereocenters. The molecule has 80 valence electrons. The van der Waals surface area contributed by atoms with Crippen molar-refractivity contribution in [2.24, 2.45) is 0 Å². The van der Waals surface area contributed by atoms with Crippen molar-refractivity contribution in [3.63, 3.8) is 0 Å². The van der Waals surface area contributed by atoms with Gasteiger partial charge < -0.3 is 4.74 Å². The highest BCUT2D eigenvalue weighted by Crippen LogP contribution is 2.11. The van der Waals surface area contributed by atoms with E-state index in [2.05, 4.69) is 0 Å². The SMILES string of the molecule is O=[N+]([O-])/C=C/CCOc1cccc(F)c1. The molecule has 15 heavy (non-hydrogen) atoms. The van der Waals surface area contributed by atoms with Gasteiger partial charge in [0.15, 0.2) is 0 Å². The highest BCUT2D eigenvalue weighted by molar-refractivity contribution is 5.22. The topological polar surface area (TPSA) is 52.4 Å². The average molecular weight is 211 g/mol. The number of ether oxygens (including phenoxy) is 1. The van der Waals surface area contributed by atoms with Crippen molar-refractivity contribution in [3.05, 3.63) is 52.5 Å². The summed E-state index contributed by atoms with van der Waals surface area (Å²) in [6.45, 7) is 0.286. The molecule has 0 saturated carbocycles. The lowest BCUT2D eigenvalue weighted by Crippen LogP contribution is -1.96. The van der Waals surface area contributed by atoms with Crippen molar-refractivity contribution >= 4 is 0 Å². The fourth-order valence-corrected chi connectivity index (χ4v) is 0.962. The molecule has 0 radical (unpaired) electrons. The Morgan fingerprint density at radius 3 is 3.00 bits per heavy atom. The second-order valence-corrected chi connectivity index (χ2v) is 2.76. The van der Waals surface area contributed by atoms with Crippen LogP contribution in [0.25, 0.3) is 0 Å². The van der Waals surface area contributed by atoms with Crippen molar-refractivity contribution in [2.45, 2.75) is 6.42 Å². The van der Waals surface area contributed by atoms with Crippen LogP contribution in [0.5, 0.6) is 5.75 Å². The van der Waals surface area contributed by atoms with Crippen molar-refractivity contribution in [1.29, 1.82) is 0 Å². The summed E-state index contributed by atoms with van der Waals surface area (Å²) in [5.41, 5.74) is 0. The van der Waals surface area contributed by atoms with Crippen LogP contribution in [-0.2, 0) is 0 Å². The van der Waals surface area contributed by atoms with Crippen LogP contribution < -0.4 is 4.74 Å². The van der Waals surface area contributed by atoms with Gasteiger partial charge in [0.25, 0.3) is 0 Å². The number of halogens is 1. The Hall–Kier alpha value is -1.91. The third-order valence-electron chi connectivity index (χ3n) is 1.58. The average Bonchev–Trinajstić information content (AvgIpc) is 2.17. The first-order chi connectivity index (χ1) is 7.18. The van der Waals surface area contributed by atoms with Crippen molar-refractivity contribution in [1.82, 2.24) is 0 Å². The van der Waals surface area contributed by atoms with Gasteiger partial charge in [-0.15, -0.1) is 0 Å². The van der Waals surface area contributed by atoms with Gasteiger partial charge in [0, 0.05) is 12.5 Å². The predicted octanol–water partition coefficient (Wildman–Crippen LogP) is 2.39. The summed E-state index contributed by atoms with van der Waals surface area (Å²) in [4.78, 5) is 9.37. The molecule has 0 saturated heterocycles. The first-order valence-electron chi connectivity index (χ1n) is 4.37. The zero-order valence-corrected chi connectivity index (χ0v) is 7.93. The zero-order chi connectivity index (χ0) is 11.1. The third-order valence-corrected chi connectivity index (χ3v) is 1.58. The number of nitro groups is 1. The standard InChI is InChI=1S/C10H10FNO3/c11-9-4-3-5-10(8-9)15-7-2-1-6-12(13)14/h1,3-6,8H,2,7H2/b6-1+. The molecule has 0 spiro atoms. The summed E-state index contributed by atoms with van der Waals surface area (Å²) < 4.78 is 17.8. The molecule has 0 amide bonds. The smallest absolute Gasteiger partial charge is 0.230 e. The molecule has 5 heteroatoms. The summed E-state index contributed by atoms with van der Waals surface area (Å²) in [7, 11) is 0. The summed E-state index contributed by atoms with van der Waals surface area (Å²) in [5, 5.41) is 9.91. The Balaban J connectivity index is 2.29. The number of nitrogens with zero attached hydrogens (tertiary/aromatic N) is 1. The minimum Gasteiger partial charge on any atom is -0.493 e. The molecule has 0 aliphatic heterocycles. The van der Waals surface area contributed by atoms with Crippen molar-refractivity contribution < 1.29 is 14.1 Å². The van der Waals surface area contributed by atoms with Gasteiger partial charge in [0.2, 0.25) is 6.20 Å². The van der Waals surface area contributed by atoms with Crippen LogP contribution >= 0.6 is 0 Å². The van der Waals surface area contributed by atoms with E-state index in [1.165, 1.54) is 24.3 Å². The second-order valence-electron chi connectivity index (χ2n) is 2.76. The maximum Gasteiger partial charge on any atom is 0.230 e. The molecule has 1 aromatic carbocycles. The Kier molecular flexibility index (Phi) is 4.28. The fraction of sp³-hybridized carbons (Fsp3) is 0.200. The molecule has 0 heterocycles. The monoisotopic (exact) mass is 211 g/mol. The molecule has 0 bridgehead atoms. The fourth-order valence-electron chi connectivity index (χ4n) is 0.962. The molecule has 0 N–H and O–H groups in total. The minimum atomic E-state index is -0.539. The van der Waals surface area contributed by atoms with Crippen LogP contribution in [-0.4, -0.2) is 11.5 Å². The van der Waals surface area contributed by atoms with Crippen LogP contribution in [0.4, 0.5) is 4.39 Å². The lowest BCUT2D eigenvalue weighted by atomic mass is 10.3. The van der Waals surface area contributed by atoms with Crippen LogP contribution in [0.1, 0.15) is 6.42 Å². The van der Waals surface area contributed by atoms with E-state index in [1.807, 2.05) is 0 Å². The quantitative estimate of drug-likeness (QED) is 0.427. The molecule has 0 fully saturated rings. The largest absolute Gasteiger partial charge is 0.493 e. The minimum absolute atomic E-state index is 0.286. The van der Waals surface area contributed by atoms with E-state index in [4.69, 9.17) is 4.74 Å². The van der Waals surface area contributed by atoms with Gasteiger partial charge in [-0.05, 0) is 18.2 Å². The van der Waals surface area contributed by atoms with Gasteiger partial charge >= 0.3 is 0 Å². The predicted molar refractivity (Wildman–Crippen MR) is 52.6 cm³/mol. The molecule has 0 aromatic heterocycles. The third kappa shape index (κ3) is 4.75. The summed E-state index contributed by atoms with van der Waals surface area (Å²) in [5.74, 6) is 0.0536. The van der Waals surface area contributed by atoms with Crippen LogP contribution in [0.15, 0.2) is 36.5 Å². The number of hydrogen-bond donors (Lipinski definition) is 0. The van der Waals surface area contributed by atoms with E-state index < -0.39 is 4.92 Å². The van der Waals surface area contributed by atoms with E-state index in [9.17, 15) is 14.5 Å². The molecule has 0 aliphatic carbocycles. The lowest BCUT2D eigenvalue weighted by molar-refractivity contribution is -0.402. The molecule has 1 aromatic rings. The van der Waals surface area contributed by atoms with E-state index in [0.717, 1.165) is 6.20 Å². The number of hydrogen-bond acceptors (Lipinski definition) is 3. The highest BCUT2D eigenvalue weighted by Gasteiger charge is 1.94. The summed E-state index contributed by atoms with van der Waals surface area (Å²) in [6.07, 6.45) is 2.66. The molecular weight excluding hydrogens is 201 g/mol. The molecule has 1 rings (SSSR count). The normalized spacial score (nSPS) is 10.5.